The molecule has 2 aromatic rings. The van der Waals surface area contributed by atoms with Crippen LogP contribution in [0.2, 0.25) is 0 Å². The Labute approximate surface area is 156 Å². The van der Waals surface area contributed by atoms with Gasteiger partial charge in [0.2, 0.25) is 0 Å². The minimum absolute atomic E-state index is 0.0763. The molecule has 0 atom stereocenters. The van der Waals surface area contributed by atoms with E-state index in [4.69, 9.17) is 9.47 Å². The largest absolute Gasteiger partial charge is 0.448 e. The zero-order chi connectivity index (χ0) is 19.0. The zero-order valence-electron chi connectivity index (χ0n) is 15.0. The molecule has 1 aliphatic heterocycles. The molecule has 1 heterocycles. The average molecular weight is 368 g/mol. The van der Waals surface area contributed by atoms with Crippen LogP contribution in [0.3, 0.4) is 0 Å². The highest BCUT2D eigenvalue weighted by atomic mass is 16.7. The lowest BCUT2D eigenvalue weighted by atomic mass is 9.94. The van der Waals surface area contributed by atoms with Crippen molar-refractivity contribution in [1.82, 2.24) is 0 Å². The third kappa shape index (κ3) is 3.20. The summed E-state index contributed by atoms with van der Waals surface area (Å²) >= 11 is 0. The van der Waals surface area contributed by atoms with E-state index in [-0.39, 0.29) is 11.3 Å². The van der Waals surface area contributed by atoms with Gasteiger partial charge in [0.15, 0.2) is 11.5 Å². The summed E-state index contributed by atoms with van der Waals surface area (Å²) in [6.07, 6.45) is 5.05. The number of amides is 1. The van der Waals surface area contributed by atoms with Crippen LogP contribution in [-0.2, 0) is 0 Å². The molecule has 1 spiro atoms. The van der Waals surface area contributed by atoms with Crippen LogP contribution in [-0.4, -0.2) is 16.6 Å². The Morgan fingerprint density at radius 1 is 1.11 bits per heavy atom. The second kappa shape index (κ2) is 6.57. The van der Waals surface area contributed by atoms with Crippen molar-refractivity contribution in [2.45, 2.75) is 44.8 Å². The molecule has 2 aliphatic rings. The number of nitrogens with zero attached hydrogens (tertiary/aromatic N) is 1. The number of fused-ring (bicyclic) bond motifs is 1. The second-order valence-electron chi connectivity index (χ2n) is 7.00. The molecule has 1 fully saturated rings. The highest BCUT2D eigenvalue weighted by Crippen LogP contribution is 2.46. The summed E-state index contributed by atoms with van der Waals surface area (Å²) in [5.41, 5.74) is 1.08. The third-order valence-electron chi connectivity index (χ3n) is 5.16. The normalized spacial score (nSPS) is 16.9. The number of hydrogen-bond donors (Lipinski definition) is 1. The average Bonchev–Trinajstić information content (AvgIpc) is 2.98. The van der Waals surface area contributed by atoms with Gasteiger partial charge < -0.3 is 14.8 Å². The predicted octanol–water partition coefficient (Wildman–Crippen LogP) is 4.59. The van der Waals surface area contributed by atoms with Gasteiger partial charge in [-0.15, -0.1) is 0 Å². The van der Waals surface area contributed by atoms with Crippen LogP contribution in [0.15, 0.2) is 36.4 Å². The van der Waals surface area contributed by atoms with Crippen LogP contribution in [0.1, 0.15) is 48.0 Å². The molecular formula is C20H20N2O5. The molecule has 1 saturated carbocycles. The van der Waals surface area contributed by atoms with Gasteiger partial charge in [-0.25, -0.2) is 0 Å². The van der Waals surface area contributed by atoms with Gasteiger partial charge in [0.05, 0.1) is 4.92 Å². The fraction of sp³-hybridized carbons (Fsp3) is 0.350. The quantitative estimate of drug-likeness (QED) is 0.632. The van der Waals surface area contributed by atoms with E-state index in [0.717, 1.165) is 25.7 Å². The van der Waals surface area contributed by atoms with Crippen LogP contribution in [0, 0.1) is 17.0 Å². The van der Waals surface area contributed by atoms with Gasteiger partial charge in [0, 0.05) is 41.8 Å². The lowest BCUT2D eigenvalue weighted by molar-refractivity contribution is -0.385. The number of rotatable bonds is 3. The van der Waals surface area contributed by atoms with Gasteiger partial charge >= 0.3 is 0 Å². The first-order valence-corrected chi connectivity index (χ1v) is 9.05. The van der Waals surface area contributed by atoms with Gasteiger partial charge in [-0.1, -0.05) is 12.5 Å². The topological polar surface area (TPSA) is 90.7 Å². The summed E-state index contributed by atoms with van der Waals surface area (Å²) in [5.74, 6) is 0.328. The van der Waals surface area contributed by atoms with Gasteiger partial charge in [-0.2, -0.15) is 0 Å². The summed E-state index contributed by atoms with van der Waals surface area (Å²) in [6, 6.07) is 9.73. The van der Waals surface area contributed by atoms with E-state index >= 15 is 0 Å². The summed E-state index contributed by atoms with van der Waals surface area (Å²) in [7, 11) is 0. The molecule has 1 amide bonds. The number of carbonyl (C=O) groups excluding carboxylic acids is 1. The first kappa shape index (κ1) is 17.3. The maximum absolute atomic E-state index is 12.6. The van der Waals surface area contributed by atoms with E-state index in [1.807, 2.05) is 0 Å². The van der Waals surface area contributed by atoms with Crippen LogP contribution in [0.4, 0.5) is 11.4 Å². The third-order valence-corrected chi connectivity index (χ3v) is 5.16. The maximum atomic E-state index is 12.6. The molecule has 0 aromatic heterocycles. The monoisotopic (exact) mass is 368 g/mol. The smallest absolute Gasteiger partial charge is 0.273 e. The van der Waals surface area contributed by atoms with Crippen LogP contribution < -0.4 is 14.8 Å². The Hall–Kier alpha value is -3.09. The van der Waals surface area contributed by atoms with E-state index in [2.05, 4.69) is 5.32 Å². The molecule has 7 nitrogen and oxygen atoms in total. The van der Waals surface area contributed by atoms with E-state index in [9.17, 15) is 14.9 Å². The molecule has 7 heteroatoms. The molecule has 0 saturated heterocycles. The summed E-state index contributed by atoms with van der Waals surface area (Å²) in [6.45, 7) is 1.57. The molecule has 0 radical (unpaired) electrons. The van der Waals surface area contributed by atoms with Crippen molar-refractivity contribution in [3.05, 3.63) is 57.6 Å². The minimum atomic E-state index is -0.570. The minimum Gasteiger partial charge on any atom is -0.448 e. The van der Waals surface area contributed by atoms with Crippen molar-refractivity contribution in [2.24, 2.45) is 0 Å². The Bertz CT molecular complexity index is 919. The van der Waals surface area contributed by atoms with E-state index in [1.54, 1.807) is 31.2 Å². The van der Waals surface area contributed by atoms with Crippen molar-refractivity contribution < 1.29 is 19.2 Å². The molecule has 4 rings (SSSR count). The van der Waals surface area contributed by atoms with E-state index in [1.165, 1.54) is 18.6 Å². The lowest BCUT2D eigenvalue weighted by Crippen LogP contribution is -2.40. The van der Waals surface area contributed by atoms with Crippen LogP contribution >= 0.6 is 0 Å². The Morgan fingerprint density at radius 2 is 1.85 bits per heavy atom. The molecule has 140 valence electrons. The Morgan fingerprint density at radius 3 is 2.59 bits per heavy atom. The molecular weight excluding hydrogens is 348 g/mol. The van der Waals surface area contributed by atoms with Gasteiger partial charge in [-0.05, 0) is 38.0 Å². The molecule has 1 N–H and O–H groups in total. The maximum Gasteiger partial charge on any atom is 0.273 e. The number of ether oxygens (including phenoxy) is 2. The molecule has 1 aliphatic carbocycles. The Balaban J connectivity index is 1.54. The molecule has 0 bridgehead atoms. The predicted molar refractivity (Wildman–Crippen MR) is 99.3 cm³/mol. The number of carbonyl (C=O) groups is 1. The molecule has 27 heavy (non-hydrogen) atoms. The fourth-order valence-corrected chi connectivity index (χ4v) is 3.73. The summed E-state index contributed by atoms with van der Waals surface area (Å²) in [5, 5.41) is 13.9. The molecule has 2 aromatic carbocycles. The van der Waals surface area contributed by atoms with Crippen LogP contribution in [0.25, 0.3) is 0 Å². The number of nitro groups is 1. The highest BCUT2D eigenvalue weighted by molar-refractivity contribution is 6.06. The van der Waals surface area contributed by atoms with E-state index in [0.29, 0.717) is 22.7 Å². The van der Waals surface area contributed by atoms with Crippen molar-refractivity contribution in [3.63, 3.8) is 0 Å². The van der Waals surface area contributed by atoms with Crippen molar-refractivity contribution >= 4 is 17.3 Å². The standard InChI is InChI=1S/C20H20N2O5/c1-13-15(6-5-7-16(13)22(24)25)19(23)21-14-8-9-17-18(12-14)27-20(26-17)10-3-2-4-11-20/h5-9,12H,2-4,10-11H2,1H3,(H,21,23). The van der Waals surface area contributed by atoms with Gasteiger partial charge in [0.25, 0.3) is 17.4 Å². The number of benzene rings is 2. The van der Waals surface area contributed by atoms with Crippen molar-refractivity contribution in [2.75, 3.05) is 5.32 Å². The van der Waals surface area contributed by atoms with Crippen LogP contribution in [0.5, 0.6) is 11.5 Å². The first-order valence-electron chi connectivity index (χ1n) is 9.05. The number of nitro benzene ring substituents is 1. The van der Waals surface area contributed by atoms with Gasteiger partial charge in [-0.3, -0.25) is 14.9 Å². The second-order valence-corrected chi connectivity index (χ2v) is 7.00. The first-order chi connectivity index (χ1) is 13.0. The molecule has 0 unspecified atom stereocenters. The number of anilines is 1. The van der Waals surface area contributed by atoms with Gasteiger partial charge in [0.1, 0.15) is 0 Å². The summed E-state index contributed by atoms with van der Waals surface area (Å²) < 4.78 is 12.1. The van der Waals surface area contributed by atoms with Crippen molar-refractivity contribution in [3.8, 4) is 11.5 Å². The Kier molecular flexibility index (Phi) is 4.22. The fourth-order valence-electron chi connectivity index (χ4n) is 3.73. The van der Waals surface area contributed by atoms with Crippen molar-refractivity contribution in [1.29, 1.82) is 0 Å². The van der Waals surface area contributed by atoms with E-state index < -0.39 is 16.6 Å². The number of hydrogen-bond acceptors (Lipinski definition) is 5. The lowest BCUT2D eigenvalue weighted by Gasteiger charge is -2.31. The summed E-state index contributed by atoms with van der Waals surface area (Å²) in [4.78, 5) is 23.2. The SMILES string of the molecule is Cc1c(C(=O)Nc2ccc3c(c2)OC2(CCCCC2)O3)cccc1[N+](=O)[O-]. The number of nitrogens with one attached hydrogen (secondary N) is 1. The highest BCUT2D eigenvalue weighted by Gasteiger charge is 2.42. The zero-order valence-corrected chi connectivity index (χ0v) is 15.0.